The van der Waals surface area contributed by atoms with Crippen molar-refractivity contribution in [3.05, 3.63) is 29.8 Å². The maximum absolute atomic E-state index is 12.7. The van der Waals surface area contributed by atoms with Gasteiger partial charge in [0.25, 0.3) is 5.91 Å². The summed E-state index contributed by atoms with van der Waals surface area (Å²) in [6, 6.07) is 7.90. The Morgan fingerprint density at radius 2 is 2.05 bits per heavy atom. The summed E-state index contributed by atoms with van der Waals surface area (Å²) in [5.41, 5.74) is 0.145. The molecule has 0 radical (unpaired) electrons. The zero-order chi connectivity index (χ0) is 15.2. The molecule has 1 fully saturated rings. The molecule has 21 heavy (non-hydrogen) atoms. The van der Waals surface area contributed by atoms with Crippen LogP contribution in [0.1, 0.15) is 19.4 Å². The largest absolute Gasteiger partial charge is 0.318 e. The van der Waals surface area contributed by atoms with Gasteiger partial charge in [0.1, 0.15) is 12.1 Å². The highest BCUT2D eigenvalue weighted by atomic mass is 32.2. The van der Waals surface area contributed by atoms with Crippen molar-refractivity contribution >= 4 is 29.5 Å². The fraction of sp³-hybridized carbons (Fsp3) is 0.400. The minimum Gasteiger partial charge on any atom is -0.318 e. The van der Waals surface area contributed by atoms with Crippen molar-refractivity contribution in [1.29, 1.82) is 0 Å². The molecule has 110 valence electrons. The van der Waals surface area contributed by atoms with Crippen LogP contribution in [0.15, 0.2) is 29.2 Å². The Hall–Kier alpha value is -1.82. The minimum atomic E-state index is -1.000. The lowest BCUT2D eigenvalue weighted by Crippen LogP contribution is -2.66. The van der Waals surface area contributed by atoms with E-state index in [1.54, 1.807) is 13.8 Å². The molecular formula is C15H16N2O3S. The predicted molar refractivity (Wildman–Crippen MR) is 78.7 cm³/mol. The molecule has 0 aromatic heterocycles. The van der Waals surface area contributed by atoms with Gasteiger partial charge in [0, 0.05) is 4.90 Å². The summed E-state index contributed by atoms with van der Waals surface area (Å²) in [6.45, 7) is 3.27. The first-order chi connectivity index (χ1) is 9.89. The zero-order valence-electron chi connectivity index (χ0n) is 11.9. The Kier molecular flexibility index (Phi) is 3.28. The van der Waals surface area contributed by atoms with Crippen LogP contribution < -0.4 is 5.32 Å². The van der Waals surface area contributed by atoms with Crippen molar-refractivity contribution in [1.82, 2.24) is 10.2 Å². The van der Waals surface area contributed by atoms with Crippen LogP contribution in [-0.2, 0) is 20.8 Å². The fourth-order valence-electron chi connectivity index (χ4n) is 2.63. The van der Waals surface area contributed by atoms with Gasteiger partial charge in [-0.05, 0) is 31.9 Å². The van der Waals surface area contributed by atoms with Crippen LogP contribution in [-0.4, -0.2) is 40.0 Å². The normalized spacial score (nSPS) is 23.7. The van der Waals surface area contributed by atoms with E-state index in [2.05, 4.69) is 5.32 Å². The molecule has 5 nitrogen and oxygen atoms in total. The number of carbonyl (C=O) groups is 3. The number of thioether (sulfide) groups is 1. The van der Waals surface area contributed by atoms with Gasteiger partial charge >= 0.3 is 0 Å². The molecule has 0 saturated carbocycles. The standard InChI is InChI=1S/C15H16N2O3S/c1-15(2)14(20)16-12(18)8-17(15)13(19)11-7-9-5-3-4-6-10(9)21-11/h3-6,11H,7-8H2,1-2H3,(H,16,18,20). The first-order valence-corrected chi connectivity index (χ1v) is 7.68. The molecular weight excluding hydrogens is 288 g/mol. The number of carbonyl (C=O) groups excluding carboxylic acids is 3. The summed E-state index contributed by atoms with van der Waals surface area (Å²) < 4.78 is 0. The second-order valence-corrected chi connectivity index (χ2v) is 7.02. The van der Waals surface area contributed by atoms with Gasteiger partial charge in [0.15, 0.2) is 0 Å². The molecule has 1 aromatic carbocycles. The molecule has 2 heterocycles. The fourth-order valence-corrected chi connectivity index (χ4v) is 3.89. The molecule has 3 amide bonds. The molecule has 2 aliphatic heterocycles. The number of piperazine rings is 1. The monoisotopic (exact) mass is 304 g/mol. The highest BCUT2D eigenvalue weighted by Crippen LogP contribution is 2.38. The molecule has 2 aliphatic rings. The molecule has 0 spiro atoms. The van der Waals surface area contributed by atoms with Gasteiger partial charge < -0.3 is 4.90 Å². The molecule has 3 rings (SSSR count). The van der Waals surface area contributed by atoms with E-state index in [1.807, 2.05) is 24.3 Å². The van der Waals surface area contributed by atoms with Crippen LogP contribution in [0, 0.1) is 0 Å². The van der Waals surface area contributed by atoms with E-state index in [-0.39, 0.29) is 17.7 Å². The smallest absolute Gasteiger partial charge is 0.252 e. The third kappa shape index (κ3) is 2.33. The molecule has 1 unspecified atom stereocenters. The van der Waals surface area contributed by atoms with E-state index in [1.165, 1.54) is 16.7 Å². The molecule has 0 aliphatic carbocycles. The lowest BCUT2D eigenvalue weighted by molar-refractivity contribution is -0.155. The van der Waals surface area contributed by atoms with Crippen molar-refractivity contribution in [2.75, 3.05) is 6.54 Å². The van der Waals surface area contributed by atoms with Gasteiger partial charge in [0.05, 0.1) is 5.25 Å². The lowest BCUT2D eigenvalue weighted by Gasteiger charge is -2.41. The molecule has 1 aromatic rings. The Morgan fingerprint density at radius 3 is 2.76 bits per heavy atom. The molecule has 1 N–H and O–H groups in total. The van der Waals surface area contributed by atoms with Crippen LogP contribution in [0.2, 0.25) is 0 Å². The quantitative estimate of drug-likeness (QED) is 0.785. The number of benzene rings is 1. The average molecular weight is 304 g/mol. The number of hydrogen-bond acceptors (Lipinski definition) is 4. The van der Waals surface area contributed by atoms with Crippen LogP contribution in [0.25, 0.3) is 0 Å². The van der Waals surface area contributed by atoms with Crippen molar-refractivity contribution in [2.24, 2.45) is 0 Å². The lowest BCUT2D eigenvalue weighted by atomic mass is 9.97. The Bertz CT molecular complexity index is 617. The second kappa shape index (κ2) is 4.87. The SMILES string of the molecule is CC1(C)C(=O)NC(=O)CN1C(=O)C1Cc2ccccc2S1. The Balaban J connectivity index is 1.83. The number of rotatable bonds is 1. The molecule has 6 heteroatoms. The Morgan fingerprint density at radius 1 is 1.33 bits per heavy atom. The Labute approximate surface area is 127 Å². The summed E-state index contributed by atoms with van der Waals surface area (Å²) in [5, 5.41) is 2.02. The predicted octanol–water partition coefficient (Wildman–Crippen LogP) is 0.967. The number of fused-ring (bicyclic) bond motifs is 1. The maximum Gasteiger partial charge on any atom is 0.252 e. The van der Waals surface area contributed by atoms with Gasteiger partial charge in [-0.3, -0.25) is 19.7 Å². The van der Waals surface area contributed by atoms with Crippen LogP contribution in [0.4, 0.5) is 0 Å². The topological polar surface area (TPSA) is 66.5 Å². The molecule has 1 atom stereocenters. The number of imide groups is 1. The highest BCUT2D eigenvalue weighted by molar-refractivity contribution is 8.01. The van der Waals surface area contributed by atoms with E-state index < -0.39 is 17.4 Å². The van der Waals surface area contributed by atoms with E-state index >= 15 is 0 Å². The van der Waals surface area contributed by atoms with Crippen molar-refractivity contribution < 1.29 is 14.4 Å². The van der Waals surface area contributed by atoms with Gasteiger partial charge in [0.2, 0.25) is 11.8 Å². The highest BCUT2D eigenvalue weighted by Gasteiger charge is 2.46. The first-order valence-electron chi connectivity index (χ1n) is 6.80. The third-order valence-corrected chi connectivity index (χ3v) is 5.28. The number of nitrogens with one attached hydrogen (secondary N) is 1. The summed E-state index contributed by atoms with van der Waals surface area (Å²) in [5.74, 6) is -0.995. The summed E-state index contributed by atoms with van der Waals surface area (Å²) >= 11 is 1.51. The van der Waals surface area contributed by atoms with Crippen molar-refractivity contribution in [3.63, 3.8) is 0 Å². The van der Waals surface area contributed by atoms with E-state index in [9.17, 15) is 14.4 Å². The van der Waals surface area contributed by atoms with E-state index in [0.29, 0.717) is 6.42 Å². The third-order valence-electron chi connectivity index (χ3n) is 3.97. The molecule has 0 bridgehead atoms. The van der Waals surface area contributed by atoms with E-state index in [0.717, 1.165) is 10.5 Å². The molecule has 1 saturated heterocycles. The van der Waals surface area contributed by atoms with Crippen LogP contribution in [0.3, 0.4) is 0 Å². The van der Waals surface area contributed by atoms with Crippen LogP contribution >= 0.6 is 11.8 Å². The number of nitrogens with zero attached hydrogens (tertiary/aromatic N) is 1. The van der Waals surface area contributed by atoms with Crippen molar-refractivity contribution in [2.45, 2.75) is 36.0 Å². The van der Waals surface area contributed by atoms with Gasteiger partial charge in [-0.2, -0.15) is 0 Å². The first kappa shape index (κ1) is 14.1. The van der Waals surface area contributed by atoms with Crippen LogP contribution in [0.5, 0.6) is 0 Å². The minimum absolute atomic E-state index is 0.0645. The average Bonchev–Trinajstić information content (AvgIpc) is 2.86. The van der Waals surface area contributed by atoms with Gasteiger partial charge in [-0.1, -0.05) is 18.2 Å². The maximum atomic E-state index is 12.7. The summed E-state index contributed by atoms with van der Waals surface area (Å²) in [7, 11) is 0. The van der Waals surface area contributed by atoms with Gasteiger partial charge in [-0.15, -0.1) is 11.8 Å². The second-order valence-electron chi connectivity index (χ2n) is 5.78. The van der Waals surface area contributed by atoms with Gasteiger partial charge in [-0.25, -0.2) is 0 Å². The van der Waals surface area contributed by atoms with E-state index in [4.69, 9.17) is 0 Å². The number of hydrogen-bond donors (Lipinski definition) is 1. The summed E-state index contributed by atoms with van der Waals surface area (Å²) in [6.07, 6.45) is 0.641. The zero-order valence-corrected chi connectivity index (χ0v) is 12.7. The van der Waals surface area contributed by atoms with Crippen molar-refractivity contribution in [3.8, 4) is 0 Å². The number of amides is 3. The summed E-state index contributed by atoms with van der Waals surface area (Å²) in [4.78, 5) is 38.8.